The van der Waals surface area contributed by atoms with E-state index in [4.69, 9.17) is 16.6 Å². The molecule has 1 N–H and O–H groups in total. The van der Waals surface area contributed by atoms with E-state index < -0.39 is 4.92 Å². The van der Waals surface area contributed by atoms with Gasteiger partial charge in [0.15, 0.2) is 10.9 Å². The zero-order valence-corrected chi connectivity index (χ0v) is 15.7. The molecule has 0 saturated heterocycles. The molecule has 2 aromatic carbocycles. The average Bonchev–Trinajstić information content (AvgIpc) is 3.18. The van der Waals surface area contributed by atoms with Crippen LogP contribution in [0.15, 0.2) is 82.3 Å². The zero-order chi connectivity index (χ0) is 19.8. The van der Waals surface area contributed by atoms with Crippen molar-refractivity contribution in [3.8, 4) is 0 Å². The number of thiocarbonyl (C=S) groups is 1. The standard InChI is InChI=1S/C20H18N4O3S/c25-24(26)19-12-11-18(27-19)13-21-22-20(28)23(14-16-7-3-1-4-8-16)15-17-9-5-2-6-10-17/h1-13H,14-15H2,(H,22,28)/b21-13+. The predicted octanol–water partition coefficient (Wildman–Crippen LogP) is 4.10. The van der Waals surface area contributed by atoms with Crippen LogP contribution in [0.5, 0.6) is 0 Å². The van der Waals surface area contributed by atoms with Crippen LogP contribution in [0.3, 0.4) is 0 Å². The fraction of sp³-hybridized carbons (Fsp3) is 0.100. The van der Waals surface area contributed by atoms with Crippen molar-refractivity contribution < 1.29 is 9.34 Å². The smallest absolute Gasteiger partial charge is 0.400 e. The minimum Gasteiger partial charge on any atom is -0.400 e. The summed E-state index contributed by atoms with van der Waals surface area (Å²) in [5.74, 6) is -0.0709. The molecule has 0 bridgehead atoms. The maximum atomic E-state index is 10.7. The van der Waals surface area contributed by atoms with Gasteiger partial charge in [0.05, 0.1) is 12.3 Å². The van der Waals surface area contributed by atoms with Gasteiger partial charge in [-0.1, -0.05) is 60.7 Å². The fourth-order valence-electron chi connectivity index (χ4n) is 2.54. The lowest BCUT2D eigenvalue weighted by Crippen LogP contribution is -2.36. The van der Waals surface area contributed by atoms with Gasteiger partial charge in [0, 0.05) is 13.1 Å². The summed E-state index contributed by atoms with van der Waals surface area (Å²) < 4.78 is 5.03. The molecule has 1 heterocycles. The van der Waals surface area contributed by atoms with Crippen LogP contribution in [0.1, 0.15) is 16.9 Å². The van der Waals surface area contributed by atoms with Gasteiger partial charge in [-0.3, -0.25) is 15.5 Å². The Kier molecular flexibility index (Phi) is 6.48. The van der Waals surface area contributed by atoms with E-state index >= 15 is 0 Å². The van der Waals surface area contributed by atoms with E-state index in [1.165, 1.54) is 18.3 Å². The molecule has 0 aliphatic rings. The number of furan rings is 1. The number of hydrogen-bond acceptors (Lipinski definition) is 5. The molecular weight excluding hydrogens is 376 g/mol. The average molecular weight is 394 g/mol. The Labute approximate surface area is 167 Å². The van der Waals surface area contributed by atoms with Crippen molar-refractivity contribution in [3.63, 3.8) is 0 Å². The Morgan fingerprint density at radius 3 is 2.11 bits per heavy atom. The Balaban J connectivity index is 1.68. The lowest BCUT2D eigenvalue weighted by atomic mass is 10.2. The molecule has 0 aliphatic heterocycles. The van der Waals surface area contributed by atoms with Gasteiger partial charge >= 0.3 is 5.88 Å². The van der Waals surface area contributed by atoms with Crippen LogP contribution in [-0.4, -0.2) is 21.2 Å². The maximum absolute atomic E-state index is 10.7. The minimum absolute atomic E-state index is 0.264. The first-order valence-corrected chi connectivity index (χ1v) is 8.93. The van der Waals surface area contributed by atoms with Crippen LogP contribution in [0.4, 0.5) is 5.88 Å². The van der Waals surface area contributed by atoms with Crippen molar-refractivity contribution in [1.29, 1.82) is 0 Å². The van der Waals surface area contributed by atoms with Gasteiger partial charge in [0.2, 0.25) is 0 Å². The number of nitrogens with one attached hydrogen (secondary N) is 1. The molecule has 3 rings (SSSR count). The lowest BCUT2D eigenvalue weighted by molar-refractivity contribution is -0.402. The molecule has 0 amide bonds. The molecule has 28 heavy (non-hydrogen) atoms. The molecule has 0 radical (unpaired) electrons. The van der Waals surface area contributed by atoms with Gasteiger partial charge in [-0.25, -0.2) is 0 Å². The molecular formula is C20H18N4O3S. The number of nitrogens with zero attached hydrogens (tertiary/aromatic N) is 3. The monoisotopic (exact) mass is 394 g/mol. The summed E-state index contributed by atoms with van der Waals surface area (Å²) in [7, 11) is 0. The largest absolute Gasteiger partial charge is 0.433 e. The molecule has 0 saturated carbocycles. The van der Waals surface area contributed by atoms with Crippen LogP contribution in [-0.2, 0) is 13.1 Å². The SMILES string of the molecule is O=[N+]([O-])c1ccc(/C=N/NC(=S)N(Cc2ccccc2)Cc2ccccc2)o1. The fourth-order valence-corrected chi connectivity index (χ4v) is 2.72. The first-order chi connectivity index (χ1) is 13.6. The van der Waals surface area contributed by atoms with Gasteiger partial charge in [0.25, 0.3) is 0 Å². The Hall–Kier alpha value is -3.52. The van der Waals surface area contributed by atoms with Crippen LogP contribution >= 0.6 is 12.2 Å². The van der Waals surface area contributed by atoms with E-state index in [2.05, 4.69) is 10.5 Å². The van der Waals surface area contributed by atoms with Gasteiger partial charge in [-0.15, -0.1) is 0 Å². The summed E-state index contributed by atoms with van der Waals surface area (Å²) in [6, 6.07) is 22.7. The number of nitro groups is 1. The predicted molar refractivity (Wildman–Crippen MR) is 111 cm³/mol. The van der Waals surface area contributed by atoms with E-state index in [1.807, 2.05) is 65.6 Å². The summed E-state index contributed by atoms with van der Waals surface area (Å²) in [6.45, 7) is 1.23. The van der Waals surface area contributed by atoms with Crippen LogP contribution in [0, 0.1) is 10.1 Å². The second-order valence-electron chi connectivity index (χ2n) is 5.94. The van der Waals surface area contributed by atoms with E-state index in [-0.39, 0.29) is 11.6 Å². The second kappa shape index (κ2) is 9.43. The van der Waals surface area contributed by atoms with Crippen molar-refractivity contribution in [1.82, 2.24) is 10.3 Å². The van der Waals surface area contributed by atoms with Crippen molar-refractivity contribution in [3.05, 3.63) is 99.8 Å². The first-order valence-electron chi connectivity index (χ1n) is 8.52. The highest BCUT2D eigenvalue weighted by atomic mass is 32.1. The molecule has 142 valence electrons. The summed E-state index contributed by atoms with van der Waals surface area (Å²) >= 11 is 5.50. The molecule has 3 aromatic rings. The first kappa shape index (κ1) is 19.2. The summed E-state index contributed by atoms with van der Waals surface area (Å²) in [4.78, 5) is 12.0. The molecule has 7 nitrogen and oxygen atoms in total. The van der Waals surface area contributed by atoms with Crippen LogP contribution in [0.2, 0.25) is 0 Å². The highest BCUT2D eigenvalue weighted by Crippen LogP contribution is 2.14. The highest BCUT2D eigenvalue weighted by molar-refractivity contribution is 7.80. The molecule has 0 spiro atoms. The molecule has 0 unspecified atom stereocenters. The van der Waals surface area contributed by atoms with Gasteiger partial charge in [-0.05, 0) is 29.4 Å². The van der Waals surface area contributed by atoms with Gasteiger partial charge in [-0.2, -0.15) is 5.10 Å². The molecule has 0 atom stereocenters. The topological polar surface area (TPSA) is 83.9 Å². The number of rotatable bonds is 7. The Morgan fingerprint density at radius 1 is 1.04 bits per heavy atom. The van der Waals surface area contributed by atoms with Crippen LogP contribution < -0.4 is 5.43 Å². The molecule has 0 aliphatic carbocycles. The zero-order valence-electron chi connectivity index (χ0n) is 14.9. The van der Waals surface area contributed by atoms with Crippen molar-refractivity contribution in [2.45, 2.75) is 13.1 Å². The van der Waals surface area contributed by atoms with Crippen molar-refractivity contribution in [2.24, 2.45) is 5.10 Å². The highest BCUT2D eigenvalue weighted by Gasteiger charge is 2.12. The van der Waals surface area contributed by atoms with E-state index in [1.54, 1.807) is 0 Å². The van der Waals surface area contributed by atoms with Crippen LogP contribution in [0.25, 0.3) is 0 Å². The third kappa shape index (κ3) is 5.49. The van der Waals surface area contributed by atoms with E-state index in [0.717, 1.165) is 11.1 Å². The Bertz CT molecular complexity index is 916. The summed E-state index contributed by atoms with van der Waals surface area (Å²) in [5, 5.41) is 15.1. The third-order valence-corrected chi connectivity index (χ3v) is 4.21. The van der Waals surface area contributed by atoms with Crippen molar-refractivity contribution in [2.75, 3.05) is 0 Å². The number of hydrazone groups is 1. The quantitative estimate of drug-likeness (QED) is 0.281. The summed E-state index contributed by atoms with van der Waals surface area (Å²) in [6.07, 6.45) is 1.35. The maximum Gasteiger partial charge on any atom is 0.433 e. The van der Waals surface area contributed by atoms with Gasteiger partial charge < -0.3 is 9.32 Å². The third-order valence-electron chi connectivity index (χ3n) is 3.86. The number of benzene rings is 2. The Morgan fingerprint density at radius 2 is 1.61 bits per heavy atom. The van der Waals surface area contributed by atoms with E-state index in [0.29, 0.717) is 18.2 Å². The van der Waals surface area contributed by atoms with Crippen molar-refractivity contribution >= 4 is 29.4 Å². The van der Waals surface area contributed by atoms with Gasteiger partial charge in [0.1, 0.15) is 4.92 Å². The lowest BCUT2D eigenvalue weighted by Gasteiger charge is -2.24. The second-order valence-corrected chi connectivity index (χ2v) is 6.32. The minimum atomic E-state index is -0.600. The number of hydrogen-bond donors (Lipinski definition) is 1. The summed E-state index contributed by atoms with van der Waals surface area (Å²) in [5.41, 5.74) is 5.04. The molecule has 8 heteroatoms. The normalized spacial score (nSPS) is 10.7. The van der Waals surface area contributed by atoms with E-state index in [9.17, 15) is 10.1 Å². The molecule has 1 aromatic heterocycles. The molecule has 0 fully saturated rings.